The van der Waals surface area contributed by atoms with E-state index in [-0.39, 0.29) is 12.1 Å². The fourth-order valence-electron chi connectivity index (χ4n) is 0.846. The number of hydrogen-bond donors (Lipinski definition) is 2. The van der Waals surface area contributed by atoms with Gasteiger partial charge in [-0.3, -0.25) is 0 Å². The molecule has 4 nitrogen and oxygen atoms in total. The SMILES string of the molecule is CC(N=C=N)C(N)CCN(C)C. The monoisotopic (exact) mass is 170 g/mol. The molecule has 0 saturated carbocycles. The average Bonchev–Trinajstić information content (AvgIpc) is 2.00. The lowest BCUT2D eigenvalue weighted by atomic mass is 10.1. The summed E-state index contributed by atoms with van der Waals surface area (Å²) in [5, 5.41) is 6.66. The first-order chi connectivity index (χ1) is 5.57. The molecule has 0 aliphatic heterocycles. The number of aliphatic imine (C=N–C) groups is 1. The van der Waals surface area contributed by atoms with Gasteiger partial charge in [0.05, 0.1) is 12.1 Å². The maximum absolute atomic E-state index is 6.66. The maximum atomic E-state index is 6.66. The van der Waals surface area contributed by atoms with Gasteiger partial charge >= 0.3 is 0 Å². The molecule has 0 heterocycles. The topological polar surface area (TPSA) is 65.5 Å². The predicted molar refractivity (Wildman–Crippen MR) is 50.8 cm³/mol. The molecular formula is C8H18N4. The predicted octanol–water partition coefficient (Wildman–Crippen LogP) is 0.407. The average molecular weight is 170 g/mol. The highest BCUT2D eigenvalue weighted by Gasteiger charge is 2.10. The van der Waals surface area contributed by atoms with Crippen molar-refractivity contribution in [2.75, 3.05) is 20.6 Å². The standard InChI is InChI=1S/C8H18N4/c1-7(11-6-9)8(10)4-5-12(2)3/h7-9H,4-5,10H2,1-3H3. The quantitative estimate of drug-likeness (QED) is 0.587. The molecular weight excluding hydrogens is 152 g/mol. The van der Waals surface area contributed by atoms with E-state index >= 15 is 0 Å². The molecule has 4 heteroatoms. The summed E-state index contributed by atoms with van der Waals surface area (Å²) in [6.45, 7) is 2.86. The van der Waals surface area contributed by atoms with E-state index in [1.165, 1.54) is 0 Å². The highest BCUT2D eigenvalue weighted by atomic mass is 15.1. The van der Waals surface area contributed by atoms with Crippen LogP contribution in [0, 0.1) is 5.41 Å². The van der Waals surface area contributed by atoms with E-state index in [9.17, 15) is 0 Å². The number of nitrogens with two attached hydrogens (primary N) is 1. The highest BCUT2D eigenvalue weighted by molar-refractivity contribution is 5.36. The molecule has 0 radical (unpaired) electrons. The summed E-state index contributed by atoms with van der Waals surface area (Å²) in [5.74, 6) is 0. The van der Waals surface area contributed by atoms with Gasteiger partial charge in [0.15, 0.2) is 0 Å². The van der Waals surface area contributed by atoms with E-state index in [2.05, 4.69) is 9.89 Å². The van der Waals surface area contributed by atoms with Crippen LogP contribution in [0.25, 0.3) is 0 Å². The van der Waals surface area contributed by atoms with Crippen LogP contribution in [0.1, 0.15) is 13.3 Å². The zero-order valence-electron chi connectivity index (χ0n) is 8.04. The lowest BCUT2D eigenvalue weighted by Crippen LogP contribution is -2.34. The van der Waals surface area contributed by atoms with Crippen molar-refractivity contribution in [3.8, 4) is 0 Å². The molecule has 0 aromatic carbocycles. The second kappa shape index (κ2) is 5.89. The van der Waals surface area contributed by atoms with Gasteiger partial charge < -0.3 is 10.6 Å². The van der Waals surface area contributed by atoms with Gasteiger partial charge in [0, 0.05) is 6.04 Å². The van der Waals surface area contributed by atoms with Crippen molar-refractivity contribution < 1.29 is 0 Å². The van der Waals surface area contributed by atoms with Crippen LogP contribution in [-0.2, 0) is 0 Å². The number of hydrogen-bond acceptors (Lipinski definition) is 4. The van der Waals surface area contributed by atoms with E-state index in [1.807, 2.05) is 27.0 Å². The van der Waals surface area contributed by atoms with Gasteiger partial charge in [-0.25, -0.2) is 10.4 Å². The molecule has 0 aromatic heterocycles. The summed E-state index contributed by atoms with van der Waals surface area (Å²) in [6, 6.07) is 2.05. The van der Waals surface area contributed by atoms with Crippen molar-refractivity contribution >= 4 is 6.01 Å². The molecule has 3 N–H and O–H groups in total. The summed E-state index contributed by atoms with van der Waals surface area (Å²) in [5.41, 5.74) is 5.81. The van der Waals surface area contributed by atoms with Gasteiger partial charge in [-0.1, -0.05) is 0 Å². The number of nitrogens with one attached hydrogen (secondary N) is 1. The molecule has 0 aliphatic rings. The minimum absolute atomic E-state index is 0.00227. The number of nitrogens with zero attached hydrogens (tertiary/aromatic N) is 2. The van der Waals surface area contributed by atoms with Crippen molar-refractivity contribution in [3.63, 3.8) is 0 Å². The summed E-state index contributed by atoms with van der Waals surface area (Å²) < 4.78 is 0. The minimum Gasteiger partial charge on any atom is -0.326 e. The Kier molecular flexibility index (Phi) is 5.54. The van der Waals surface area contributed by atoms with E-state index in [4.69, 9.17) is 11.1 Å². The van der Waals surface area contributed by atoms with Crippen LogP contribution in [0.2, 0.25) is 0 Å². The Morgan fingerprint density at radius 2 is 2.17 bits per heavy atom. The van der Waals surface area contributed by atoms with E-state index in [1.54, 1.807) is 0 Å². The molecule has 12 heavy (non-hydrogen) atoms. The smallest absolute Gasteiger partial charge is 0.0865 e. The zero-order valence-corrected chi connectivity index (χ0v) is 8.04. The Morgan fingerprint density at radius 3 is 2.58 bits per heavy atom. The molecule has 2 atom stereocenters. The first kappa shape index (κ1) is 11.3. The molecule has 70 valence electrons. The van der Waals surface area contributed by atoms with E-state index < -0.39 is 0 Å². The summed E-state index contributed by atoms with van der Waals surface area (Å²) in [7, 11) is 4.02. The maximum Gasteiger partial charge on any atom is 0.0865 e. The Hall–Kier alpha value is -0.700. The van der Waals surface area contributed by atoms with Gasteiger partial charge in [0.2, 0.25) is 0 Å². The third-order valence-corrected chi connectivity index (χ3v) is 1.80. The molecule has 0 saturated heterocycles. The molecule has 0 bridgehead atoms. The highest BCUT2D eigenvalue weighted by Crippen LogP contribution is 1.99. The lowest BCUT2D eigenvalue weighted by Gasteiger charge is -2.17. The normalized spacial score (nSPS) is 15.4. The summed E-state index contributed by atoms with van der Waals surface area (Å²) in [4.78, 5) is 5.86. The van der Waals surface area contributed by atoms with Gasteiger partial charge in [-0.2, -0.15) is 0 Å². The lowest BCUT2D eigenvalue weighted by molar-refractivity contribution is 0.368. The van der Waals surface area contributed by atoms with Crippen LogP contribution in [-0.4, -0.2) is 43.6 Å². The first-order valence-corrected chi connectivity index (χ1v) is 4.09. The van der Waals surface area contributed by atoms with Crippen LogP contribution >= 0.6 is 0 Å². The first-order valence-electron chi connectivity index (χ1n) is 4.09. The van der Waals surface area contributed by atoms with Crippen molar-refractivity contribution in [3.05, 3.63) is 0 Å². The molecule has 0 aromatic rings. The largest absolute Gasteiger partial charge is 0.326 e. The van der Waals surface area contributed by atoms with Crippen molar-refractivity contribution in [2.24, 2.45) is 10.7 Å². The van der Waals surface area contributed by atoms with Crippen LogP contribution in [0.3, 0.4) is 0 Å². The van der Waals surface area contributed by atoms with Crippen molar-refractivity contribution in [1.29, 1.82) is 5.41 Å². The Labute approximate surface area is 74.0 Å². The third-order valence-electron chi connectivity index (χ3n) is 1.80. The molecule has 2 unspecified atom stereocenters. The molecule has 0 amide bonds. The van der Waals surface area contributed by atoms with Crippen LogP contribution in [0.5, 0.6) is 0 Å². The van der Waals surface area contributed by atoms with Crippen LogP contribution in [0.15, 0.2) is 4.99 Å². The molecule has 0 fully saturated rings. The van der Waals surface area contributed by atoms with E-state index in [0.717, 1.165) is 13.0 Å². The van der Waals surface area contributed by atoms with Gasteiger partial charge in [-0.05, 0) is 34.0 Å². The van der Waals surface area contributed by atoms with Crippen molar-refractivity contribution in [2.45, 2.75) is 25.4 Å². The fraction of sp³-hybridized carbons (Fsp3) is 0.875. The fourth-order valence-corrected chi connectivity index (χ4v) is 0.846. The molecule has 0 aliphatic carbocycles. The molecule has 0 spiro atoms. The van der Waals surface area contributed by atoms with Gasteiger partial charge in [-0.15, -0.1) is 0 Å². The van der Waals surface area contributed by atoms with Crippen molar-refractivity contribution in [1.82, 2.24) is 4.90 Å². The molecule has 0 rings (SSSR count). The second-order valence-electron chi connectivity index (χ2n) is 3.24. The number of rotatable bonds is 5. The Bertz CT molecular complexity index is 160. The summed E-state index contributed by atoms with van der Waals surface area (Å²) >= 11 is 0. The Balaban J connectivity index is 3.70. The third kappa shape index (κ3) is 5.02. The van der Waals surface area contributed by atoms with Gasteiger partial charge in [0.25, 0.3) is 0 Å². The minimum atomic E-state index is 0.00227. The van der Waals surface area contributed by atoms with Gasteiger partial charge in [0.1, 0.15) is 0 Å². The Morgan fingerprint density at radius 1 is 1.58 bits per heavy atom. The summed E-state index contributed by atoms with van der Waals surface area (Å²) in [6.07, 6.45) is 0.902. The second-order valence-corrected chi connectivity index (χ2v) is 3.24. The van der Waals surface area contributed by atoms with Crippen LogP contribution < -0.4 is 5.73 Å². The zero-order chi connectivity index (χ0) is 9.56. The van der Waals surface area contributed by atoms with E-state index in [0.29, 0.717) is 0 Å². The van der Waals surface area contributed by atoms with Crippen LogP contribution in [0.4, 0.5) is 0 Å².